The number of aromatic nitrogens is 2. The van der Waals surface area contributed by atoms with E-state index in [1.54, 1.807) is 11.3 Å². The van der Waals surface area contributed by atoms with Crippen LogP contribution in [0.25, 0.3) is 21.0 Å². The molecule has 2 aromatic heterocycles. The van der Waals surface area contributed by atoms with Crippen molar-refractivity contribution in [1.29, 1.82) is 0 Å². The van der Waals surface area contributed by atoms with E-state index < -0.39 is 0 Å². The number of benzene rings is 1. The van der Waals surface area contributed by atoms with Crippen LogP contribution in [0.5, 0.6) is 0 Å². The van der Waals surface area contributed by atoms with Crippen molar-refractivity contribution in [1.82, 2.24) is 9.97 Å². The third kappa shape index (κ3) is 3.47. The van der Waals surface area contributed by atoms with Gasteiger partial charge < -0.3 is 0 Å². The van der Waals surface area contributed by atoms with Crippen LogP contribution in [0.3, 0.4) is 0 Å². The Bertz CT molecular complexity index is 893. The molecule has 0 radical (unpaired) electrons. The van der Waals surface area contributed by atoms with Gasteiger partial charge in [0.25, 0.3) is 0 Å². The summed E-state index contributed by atoms with van der Waals surface area (Å²) in [6.45, 7) is 8.04. The quantitative estimate of drug-likeness (QED) is 0.446. The summed E-state index contributed by atoms with van der Waals surface area (Å²) in [5, 5.41) is 5.24. The lowest BCUT2D eigenvalue weighted by atomic mass is 9.92. The summed E-state index contributed by atoms with van der Waals surface area (Å²) in [6.07, 6.45) is 4.06. The summed E-state index contributed by atoms with van der Waals surface area (Å²) >= 11 is 3.21. The Hall–Kier alpha value is -1.46. The number of thioether (sulfide) groups is 1. The third-order valence-corrected chi connectivity index (χ3v) is 5.89. The first-order valence-corrected chi connectivity index (χ1v) is 10.1. The summed E-state index contributed by atoms with van der Waals surface area (Å²) in [7, 11) is 0. The molecule has 0 saturated carbocycles. The van der Waals surface area contributed by atoms with Crippen molar-refractivity contribution in [3.05, 3.63) is 29.3 Å². The van der Waals surface area contributed by atoms with Gasteiger partial charge in [-0.1, -0.05) is 45.9 Å². The van der Waals surface area contributed by atoms with Crippen LogP contribution in [0.4, 0.5) is 0 Å². The highest BCUT2D eigenvalue weighted by Gasteiger charge is 2.21. The zero-order valence-electron chi connectivity index (χ0n) is 14.5. The smallest absolute Gasteiger partial charge is 0.188 e. The first kappa shape index (κ1) is 17.4. The topological polar surface area (TPSA) is 42.9 Å². The lowest BCUT2D eigenvalue weighted by Gasteiger charge is -2.15. The predicted octanol–water partition coefficient (Wildman–Crippen LogP) is 5.50. The highest BCUT2D eigenvalue weighted by molar-refractivity contribution is 7.99. The van der Waals surface area contributed by atoms with Gasteiger partial charge in [0, 0.05) is 27.1 Å². The fourth-order valence-electron chi connectivity index (χ4n) is 2.53. The van der Waals surface area contributed by atoms with Crippen LogP contribution >= 0.6 is 23.1 Å². The Morgan fingerprint density at radius 3 is 2.79 bits per heavy atom. The highest BCUT2D eigenvalue weighted by atomic mass is 32.2. The van der Waals surface area contributed by atoms with Crippen molar-refractivity contribution >= 4 is 49.9 Å². The number of Topliss-reactive ketones (excluding diaryl/α,β-unsaturated/α-hetero) is 1. The van der Waals surface area contributed by atoms with Gasteiger partial charge in [0.2, 0.25) is 0 Å². The van der Waals surface area contributed by atoms with Gasteiger partial charge in [-0.3, -0.25) is 4.79 Å². The summed E-state index contributed by atoms with van der Waals surface area (Å²) in [5.41, 5.74) is 2.06. The number of thiophene rings is 1. The van der Waals surface area contributed by atoms with E-state index in [9.17, 15) is 4.79 Å². The van der Waals surface area contributed by atoms with Gasteiger partial charge in [0.1, 0.15) is 5.78 Å². The largest absolute Gasteiger partial charge is 0.298 e. The van der Waals surface area contributed by atoms with Crippen LogP contribution < -0.4 is 0 Å². The minimum atomic E-state index is -0.321. The standard InChI is InChI=1S/C19H22N2OS2/c1-5-6-13-10-23-14-8-7-12-9-20-18(21-17(12)16(13)14)24-11-15(22)19(2,3)4/h7-10H,5-6,11H2,1-4H3. The number of hydrogen-bond donors (Lipinski definition) is 0. The van der Waals surface area contributed by atoms with E-state index in [0.717, 1.165) is 23.7 Å². The minimum absolute atomic E-state index is 0.219. The van der Waals surface area contributed by atoms with Crippen LogP contribution in [0.15, 0.2) is 28.9 Å². The van der Waals surface area contributed by atoms with Crippen molar-refractivity contribution in [3.8, 4) is 0 Å². The molecule has 0 amide bonds. The molecule has 3 nitrogen and oxygen atoms in total. The molecule has 3 rings (SSSR count). The Morgan fingerprint density at radius 2 is 2.08 bits per heavy atom. The molecule has 1 aromatic carbocycles. The molecule has 0 fully saturated rings. The summed E-state index contributed by atoms with van der Waals surface area (Å²) in [5.74, 6) is 0.632. The SMILES string of the molecule is CCCc1csc2ccc3cnc(SCC(=O)C(C)(C)C)nc3c12. The van der Waals surface area contributed by atoms with Crippen LogP contribution in [0.2, 0.25) is 0 Å². The number of rotatable bonds is 5. The van der Waals surface area contributed by atoms with Crippen molar-refractivity contribution in [3.63, 3.8) is 0 Å². The molecule has 0 atom stereocenters. The number of hydrogen-bond acceptors (Lipinski definition) is 5. The van der Waals surface area contributed by atoms with E-state index in [1.807, 2.05) is 27.0 Å². The zero-order chi connectivity index (χ0) is 17.3. The second-order valence-corrected chi connectivity index (χ2v) is 8.86. The molecule has 0 saturated heterocycles. The van der Waals surface area contributed by atoms with E-state index in [0.29, 0.717) is 10.9 Å². The van der Waals surface area contributed by atoms with E-state index in [4.69, 9.17) is 4.98 Å². The number of ketones is 1. The number of fused-ring (bicyclic) bond motifs is 3. The molecule has 2 heterocycles. The summed E-state index contributed by atoms with van der Waals surface area (Å²) in [6, 6.07) is 4.24. The maximum Gasteiger partial charge on any atom is 0.188 e. The second kappa shape index (κ2) is 6.81. The fraction of sp³-hybridized carbons (Fsp3) is 0.421. The van der Waals surface area contributed by atoms with Crippen molar-refractivity contribution in [2.75, 3.05) is 5.75 Å². The van der Waals surface area contributed by atoms with Crippen LogP contribution in [-0.2, 0) is 11.2 Å². The van der Waals surface area contributed by atoms with Gasteiger partial charge >= 0.3 is 0 Å². The number of aryl methyl sites for hydroxylation is 1. The van der Waals surface area contributed by atoms with E-state index >= 15 is 0 Å². The van der Waals surface area contributed by atoms with Gasteiger partial charge in [-0.15, -0.1) is 11.3 Å². The van der Waals surface area contributed by atoms with Crippen molar-refractivity contribution in [2.45, 2.75) is 45.7 Å². The molecule has 0 aliphatic rings. The molecule has 0 unspecified atom stereocenters. The molecule has 3 aromatic rings. The fourth-order valence-corrected chi connectivity index (χ4v) is 4.51. The van der Waals surface area contributed by atoms with Crippen LogP contribution in [0.1, 0.15) is 39.7 Å². The van der Waals surface area contributed by atoms with Gasteiger partial charge in [0.15, 0.2) is 5.16 Å². The lowest BCUT2D eigenvalue weighted by molar-refractivity contribution is -0.123. The normalized spacial score (nSPS) is 12.2. The molecule has 24 heavy (non-hydrogen) atoms. The van der Waals surface area contributed by atoms with Gasteiger partial charge in [0.05, 0.1) is 11.3 Å². The Kier molecular flexibility index (Phi) is 4.92. The molecule has 126 valence electrons. The van der Waals surface area contributed by atoms with Crippen LogP contribution in [0, 0.1) is 5.41 Å². The molecular formula is C19H22N2OS2. The minimum Gasteiger partial charge on any atom is -0.298 e. The maximum absolute atomic E-state index is 12.1. The predicted molar refractivity (Wildman–Crippen MR) is 104 cm³/mol. The van der Waals surface area contributed by atoms with Crippen molar-refractivity contribution < 1.29 is 4.79 Å². The molecule has 0 spiro atoms. The molecule has 0 aliphatic heterocycles. The molecule has 0 bridgehead atoms. The average molecular weight is 359 g/mol. The number of nitrogens with zero attached hydrogens (tertiary/aromatic N) is 2. The van der Waals surface area contributed by atoms with E-state index in [2.05, 4.69) is 29.4 Å². The molecule has 0 N–H and O–H groups in total. The number of carbonyl (C=O) groups is 1. The first-order chi connectivity index (χ1) is 11.4. The van der Waals surface area contributed by atoms with Crippen molar-refractivity contribution in [2.24, 2.45) is 5.41 Å². The molecule has 0 aliphatic carbocycles. The lowest BCUT2D eigenvalue weighted by Crippen LogP contribution is -2.22. The Labute approximate surface area is 150 Å². The monoisotopic (exact) mass is 358 g/mol. The summed E-state index contributed by atoms with van der Waals surface area (Å²) in [4.78, 5) is 21.3. The van der Waals surface area contributed by atoms with Crippen LogP contribution in [-0.4, -0.2) is 21.5 Å². The number of carbonyl (C=O) groups excluding carboxylic acids is 1. The maximum atomic E-state index is 12.1. The van der Waals surface area contributed by atoms with Gasteiger partial charge in [-0.05, 0) is 29.5 Å². The second-order valence-electron chi connectivity index (χ2n) is 7.00. The highest BCUT2D eigenvalue weighted by Crippen LogP contribution is 2.33. The third-order valence-electron chi connectivity index (χ3n) is 4.03. The van der Waals surface area contributed by atoms with E-state index in [1.165, 1.54) is 27.4 Å². The summed E-state index contributed by atoms with van der Waals surface area (Å²) < 4.78 is 1.27. The zero-order valence-corrected chi connectivity index (χ0v) is 16.2. The molecular weight excluding hydrogens is 336 g/mol. The Morgan fingerprint density at radius 1 is 1.29 bits per heavy atom. The van der Waals surface area contributed by atoms with Gasteiger partial charge in [-0.2, -0.15) is 0 Å². The first-order valence-electron chi connectivity index (χ1n) is 8.22. The Balaban J connectivity index is 1.98. The van der Waals surface area contributed by atoms with E-state index in [-0.39, 0.29) is 11.2 Å². The molecule has 5 heteroatoms. The van der Waals surface area contributed by atoms with Gasteiger partial charge in [-0.25, -0.2) is 9.97 Å². The average Bonchev–Trinajstić information content (AvgIpc) is 2.95.